The first-order chi connectivity index (χ1) is 9.78. The Morgan fingerprint density at radius 3 is 2.70 bits per heavy atom. The molecule has 0 radical (unpaired) electrons. The van der Waals surface area contributed by atoms with E-state index in [1.165, 1.54) is 36.2 Å². The number of imidazole rings is 1. The van der Waals surface area contributed by atoms with E-state index in [9.17, 15) is 0 Å². The zero-order chi connectivity index (χ0) is 13.4. The van der Waals surface area contributed by atoms with Crippen LogP contribution in [0.1, 0.15) is 36.6 Å². The molecule has 3 saturated carbocycles. The first kappa shape index (κ1) is 11.3. The molecular formula is C17H21N3. The Morgan fingerprint density at radius 1 is 1.25 bits per heavy atom. The molecule has 3 heteroatoms. The highest BCUT2D eigenvalue weighted by Gasteiger charge is 2.66. The molecule has 3 aliphatic carbocycles. The molecule has 0 saturated heterocycles. The first-order valence-corrected chi connectivity index (χ1v) is 7.93. The monoisotopic (exact) mass is 267 g/mol. The fourth-order valence-electron chi connectivity index (χ4n) is 5.35. The van der Waals surface area contributed by atoms with Gasteiger partial charge in [0.25, 0.3) is 0 Å². The molecule has 0 amide bonds. The fourth-order valence-corrected chi connectivity index (χ4v) is 5.35. The molecule has 5 rings (SSSR count). The van der Waals surface area contributed by atoms with Gasteiger partial charge in [0.1, 0.15) is 5.82 Å². The number of hydrogen-bond donors (Lipinski definition) is 1. The molecule has 1 heterocycles. The molecule has 4 atom stereocenters. The van der Waals surface area contributed by atoms with Gasteiger partial charge in [0.2, 0.25) is 0 Å². The van der Waals surface area contributed by atoms with Crippen molar-refractivity contribution in [1.82, 2.24) is 9.55 Å². The van der Waals surface area contributed by atoms with Crippen LogP contribution < -0.4 is 5.73 Å². The molecule has 1 aromatic carbocycles. The third-order valence-corrected chi connectivity index (χ3v) is 6.25. The van der Waals surface area contributed by atoms with E-state index in [0.717, 1.165) is 35.1 Å². The zero-order valence-corrected chi connectivity index (χ0v) is 11.9. The summed E-state index contributed by atoms with van der Waals surface area (Å²) in [6.07, 6.45) is 4.46. The Kier molecular flexibility index (Phi) is 2.06. The van der Waals surface area contributed by atoms with Crippen LogP contribution in [0.25, 0.3) is 11.0 Å². The van der Waals surface area contributed by atoms with Crippen molar-refractivity contribution in [2.75, 3.05) is 0 Å². The minimum Gasteiger partial charge on any atom is -0.331 e. The van der Waals surface area contributed by atoms with Crippen molar-refractivity contribution in [3.63, 3.8) is 0 Å². The Morgan fingerprint density at radius 2 is 2.00 bits per heavy atom. The van der Waals surface area contributed by atoms with Crippen LogP contribution in [0.15, 0.2) is 18.2 Å². The van der Waals surface area contributed by atoms with Gasteiger partial charge < -0.3 is 10.3 Å². The van der Waals surface area contributed by atoms with E-state index >= 15 is 0 Å². The highest BCUT2D eigenvalue weighted by atomic mass is 15.1. The van der Waals surface area contributed by atoms with E-state index in [1.807, 2.05) is 0 Å². The van der Waals surface area contributed by atoms with Crippen molar-refractivity contribution in [2.24, 2.45) is 36.5 Å². The number of fused-ring (bicyclic) bond motifs is 6. The van der Waals surface area contributed by atoms with Gasteiger partial charge in [0.05, 0.1) is 11.0 Å². The Labute approximate surface area is 119 Å². The van der Waals surface area contributed by atoms with Crippen molar-refractivity contribution < 1.29 is 0 Å². The lowest BCUT2D eigenvalue weighted by Crippen LogP contribution is -2.03. The third kappa shape index (κ3) is 1.27. The van der Waals surface area contributed by atoms with Crippen LogP contribution in [-0.2, 0) is 13.6 Å². The SMILES string of the molecule is Cn1c(C2C3C4CCC(C4)C23)nc2ccc(CN)cc21. The number of aromatic nitrogens is 2. The molecule has 0 spiro atoms. The van der Waals surface area contributed by atoms with Crippen LogP contribution in [0.3, 0.4) is 0 Å². The normalized spacial score (nSPS) is 37.6. The van der Waals surface area contributed by atoms with Crippen LogP contribution in [0, 0.1) is 23.7 Å². The molecule has 20 heavy (non-hydrogen) atoms. The smallest absolute Gasteiger partial charge is 0.113 e. The Hall–Kier alpha value is -1.35. The van der Waals surface area contributed by atoms with Crippen molar-refractivity contribution in [3.05, 3.63) is 29.6 Å². The molecule has 2 N–H and O–H groups in total. The van der Waals surface area contributed by atoms with Crippen molar-refractivity contribution >= 4 is 11.0 Å². The van der Waals surface area contributed by atoms with Gasteiger partial charge >= 0.3 is 0 Å². The number of aryl methyl sites for hydroxylation is 1. The van der Waals surface area contributed by atoms with Crippen molar-refractivity contribution in [2.45, 2.75) is 31.7 Å². The molecule has 0 aliphatic heterocycles. The molecule has 2 aromatic rings. The molecule has 104 valence electrons. The summed E-state index contributed by atoms with van der Waals surface area (Å²) in [6.45, 7) is 0.606. The van der Waals surface area contributed by atoms with E-state index in [0.29, 0.717) is 6.54 Å². The van der Waals surface area contributed by atoms with E-state index in [-0.39, 0.29) is 0 Å². The summed E-state index contributed by atoms with van der Waals surface area (Å²) in [6, 6.07) is 6.45. The van der Waals surface area contributed by atoms with Crippen LogP contribution in [0.4, 0.5) is 0 Å². The number of nitrogens with zero attached hydrogens (tertiary/aromatic N) is 2. The number of benzene rings is 1. The van der Waals surface area contributed by atoms with Crippen molar-refractivity contribution in [1.29, 1.82) is 0 Å². The standard InChI is InChI=1S/C17H21N3/c1-20-13-6-9(8-18)2-5-12(13)19-17(20)16-14-10-3-4-11(7-10)15(14)16/h2,5-6,10-11,14-16H,3-4,7-8,18H2,1H3. The van der Waals surface area contributed by atoms with Gasteiger partial charge in [0.15, 0.2) is 0 Å². The average molecular weight is 267 g/mol. The maximum atomic E-state index is 5.76. The average Bonchev–Trinajstić information content (AvgIpc) is 2.80. The predicted octanol–water partition coefficient (Wildman–Crippen LogP) is 2.79. The molecule has 3 fully saturated rings. The maximum absolute atomic E-state index is 5.76. The second-order valence-corrected chi connectivity index (χ2v) is 7.07. The molecule has 3 aliphatic rings. The van der Waals surface area contributed by atoms with Gasteiger partial charge in [-0.3, -0.25) is 0 Å². The van der Waals surface area contributed by atoms with Gasteiger partial charge in [-0.1, -0.05) is 6.07 Å². The van der Waals surface area contributed by atoms with Gasteiger partial charge in [-0.2, -0.15) is 0 Å². The summed E-state index contributed by atoms with van der Waals surface area (Å²) in [7, 11) is 2.18. The fraction of sp³-hybridized carbons (Fsp3) is 0.588. The Balaban J connectivity index is 1.59. The van der Waals surface area contributed by atoms with Crippen LogP contribution in [-0.4, -0.2) is 9.55 Å². The molecule has 4 unspecified atom stereocenters. The minimum absolute atomic E-state index is 0.606. The first-order valence-electron chi connectivity index (χ1n) is 7.93. The maximum Gasteiger partial charge on any atom is 0.113 e. The zero-order valence-electron chi connectivity index (χ0n) is 11.9. The largest absolute Gasteiger partial charge is 0.331 e. The Bertz CT molecular complexity index is 686. The van der Waals surface area contributed by atoms with E-state index in [1.54, 1.807) is 0 Å². The summed E-state index contributed by atoms with van der Waals surface area (Å²) in [5.41, 5.74) is 9.34. The summed E-state index contributed by atoms with van der Waals surface area (Å²) in [5.74, 6) is 6.01. The van der Waals surface area contributed by atoms with Gasteiger partial charge in [-0.25, -0.2) is 4.98 Å². The second kappa shape index (κ2) is 3.64. The van der Waals surface area contributed by atoms with Crippen LogP contribution in [0.2, 0.25) is 0 Å². The van der Waals surface area contributed by atoms with Gasteiger partial charge in [-0.05, 0) is 60.6 Å². The molecule has 2 bridgehead atoms. The molecule has 1 aromatic heterocycles. The number of nitrogens with two attached hydrogens (primary N) is 1. The quantitative estimate of drug-likeness (QED) is 0.909. The minimum atomic E-state index is 0.606. The number of rotatable bonds is 2. The van der Waals surface area contributed by atoms with E-state index in [2.05, 4.69) is 29.8 Å². The number of hydrogen-bond acceptors (Lipinski definition) is 2. The topological polar surface area (TPSA) is 43.8 Å². The second-order valence-electron chi connectivity index (χ2n) is 7.07. The van der Waals surface area contributed by atoms with Crippen LogP contribution >= 0.6 is 0 Å². The van der Waals surface area contributed by atoms with E-state index in [4.69, 9.17) is 10.7 Å². The lowest BCUT2D eigenvalue weighted by Gasteiger charge is -2.08. The highest BCUT2D eigenvalue weighted by molar-refractivity contribution is 5.77. The van der Waals surface area contributed by atoms with Crippen LogP contribution in [0.5, 0.6) is 0 Å². The van der Waals surface area contributed by atoms with Gasteiger partial charge in [0, 0.05) is 19.5 Å². The summed E-state index contributed by atoms with van der Waals surface area (Å²) in [4.78, 5) is 4.95. The summed E-state index contributed by atoms with van der Waals surface area (Å²) in [5, 5.41) is 0. The van der Waals surface area contributed by atoms with Crippen molar-refractivity contribution in [3.8, 4) is 0 Å². The van der Waals surface area contributed by atoms with E-state index < -0.39 is 0 Å². The lowest BCUT2D eigenvalue weighted by molar-refractivity contribution is 0.456. The summed E-state index contributed by atoms with van der Waals surface area (Å²) < 4.78 is 2.33. The lowest BCUT2D eigenvalue weighted by atomic mass is 10.0. The highest BCUT2D eigenvalue weighted by Crippen LogP contribution is 2.72. The molecular weight excluding hydrogens is 246 g/mol. The third-order valence-electron chi connectivity index (χ3n) is 6.25. The van der Waals surface area contributed by atoms with Gasteiger partial charge in [-0.15, -0.1) is 0 Å². The summed E-state index contributed by atoms with van der Waals surface area (Å²) >= 11 is 0. The molecule has 3 nitrogen and oxygen atoms in total. The predicted molar refractivity (Wildman–Crippen MR) is 79.2 cm³/mol.